The lowest BCUT2D eigenvalue weighted by molar-refractivity contribution is -0.114. The van der Waals surface area contributed by atoms with Crippen molar-refractivity contribution in [2.75, 3.05) is 31.3 Å². The lowest BCUT2D eigenvalue weighted by Crippen LogP contribution is -2.24. The second-order valence-corrected chi connectivity index (χ2v) is 8.70. The molecule has 0 aromatic heterocycles. The quantitative estimate of drug-likeness (QED) is 0.754. The third-order valence-electron chi connectivity index (χ3n) is 3.65. The van der Waals surface area contributed by atoms with Gasteiger partial charge in [-0.1, -0.05) is 35.3 Å². The summed E-state index contributed by atoms with van der Waals surface area (Å²) in [6.45, 7) is 1.76. The highest BCUT2D eigenvalue weighted by molar-refractivity contribution is 7.89. The van der Waals surface area contributed by atoms with Crippen LogP contribution in [0, 0.1) is 6.92 Å². The van der Waals surface area contributed by atoms with Crippen LogP contribution in [0.3, 0.4) is 0 Å². The molecule has 0 aliphatic rings. The number of nitrogens with zero attached hydrogens (tertiary/aromatic N) is 1. The van der Waals surface area contributed by atoms with Gasteiger partial charge in [0.25, 0.3) is 0 Å². The first-order chi connectivity index (χ1) is 12.1. The number of carbonyl (C=O) groups excluding carboxylic acids is 1. The molecule has 1 amide bonds. The van der Waals surface area contributed by atoms with E-state index in [1.54, 1.807) is 24.3 Å². The van der Waals surface area contributed by atoms with Gasteiger partial charge in [-0.2, -0.15) is 0 Å². The number of anilines is 2. The Morgan fingerprint density at radius 2 is 1.81 bits per heavy atom. The van der Waals surface area contributed by atoms with E-state index in [0.29, 0.717) is 16.4 Å². The molecule has 0 saturated heterocycles. The Hall–Kier alpha value is -1.80. The van der Waals surface area contributed by atoms with Crippen LogP contribution in [0.25, 0.3) is 0 Å². The van der Waals surface area contributed by atoms with Gasteiger partial charge in [0.1, 0.15) is 0 Å². The van der Waals surface area contributed by atoms with Crippen molar-refractivity contribution in [3.05, 3.63) is 52.0 Å². The van der Waals surface area contributed by atoms with Crippen molar-refractivity contribution >= 4 is 50.5 Å². The fourth-order valence-corrected chi connectivity index (χ4v) is 3.41. The number of benzene rings is 2. The van der Waals surface area contributed by atoms with Gasteiger partial charge in [0.05, 0.1) is 27.2 Å². The number of sulfonamides is 1. The molecule has 0 radical (unpaired) electrons. The van der Waals surface area contributed by atoms with Crippen LogP contribution in [0.2, 0.25) is 10.0 Å². The van der Waals surface area contributed by atoms with E-state index in [-0.39, 0.29) is 22.4 Å². The number of nitrogens with one attached hydrogen (secondary N) is 2. The molecule has 140 valence electrons. The van der Waals surface area contributed by atoms with Gasteiger partial charge < -0.3 is 10.6 Å². The number of hydrogen-bond donors (Lipinski definition) is 2. The maximum atomic E-state index is 12.2. The van der Waals surface area contributed by atoms with Crippen molar-refractivity contribution in [1.82, 2.24) is 4.31 Å². The Bertz CT molecular complexity index is 931. The molecule has 0 fully saturated rings. The number of carbonyl (C=O) groups is 1. The standard InChI is InChI=1S/C17H19Cl2N3O3S/c1-11-7-8-12(26(24,25)22(2)3)9-15(11)20-10-16(23)21-14-6-4-5-13(18)17(14)19/h4-9,20H,10H2,1-3H3,(H,21,23). The Kier molecular flexibility index (Phi) is 6.52. The van der Waals surface area contributed by atoms with Gasteiger partial charge in [0.15, 0.2) is 0 Å². The molecule has 0 saturated carbocycles. The summed E-state index contributed by atoms with van der Waals surface area (Å²) < 4.78 is 25.6. The second-order valence-electron chi connectivity index (χ2n) is 5.77. The van der Waals surface area contributed by atoms with Crippen LogP contribution in [0.15, 0.2) is 41.3 Å². The number of aryl methyl sites for hydroxylation is 1. The molecule has 26 heavy (non-hydrogen) atoms. The summed E-state index contributed by atoms with van der Waals surface area (Å²) in [5.41, 5.74) is 1.78. The molecule has 0 aliphatic carbocycles. The second kappa shape index (κ2) is 8.26. The fourth-order valence-electron chi connectivity index (χ4n) is 2.13. The highest BCUT2D eigenvalue weighted by Gasteiger charge is 2.18. The Morgan fingerprint density at radius 3 is 2.46 bits per heavy atom. The van der Waals surface area contributed by atoms with E-state index in [4.69, 9.17) is 23.2 Å². The molecule has 0 atom stereocenters. The van der Waals surface area contributed by atoms with Crippen molar-refractivity contribution in [3.63, 3.8) is 0 Å². The summed E-state index contributed by atoms with van der Waals surface area (Å²) in [4.78, 5) is 12.3. The van der Waals surface area contributed by atoms with Crippen molar-refractivity contribution in [3.8, 4) is 0 Å². The van der Waals surface area contributed by atoms with Crippen LogP contribution in [-0.2, 0) is 14.8 Å². The molecular weight excluding hydrogens is 397 g/mol. The van der Waals surface area contributed by atoms with Gasteiger partial charge in [-0.25, -0.2) is 12.7 Å². The molecule has 0 spiro atoms. The zero-order valence-corrected chi connectivity index (χ0v) is 16.8. The molecule has 2 rings (SSSR count). The minimum Gasteiger partial charge on any atom is -0.376 e. The predicted octanol–water partition coefficient (Wildman–Crippen LogP) is 3.60. The van der Waals surface area contributed by atoms with Gasteiger partial charge >= 0.3 is 0 Å². The van der Waals surface area contributed by atoms with E-state index in [1.165, 1.54) is 26.2 Å². The maximum absolute atomic E-state index is 12.2. The predicted molar refractivity (Wildman–Crippen MR) is 106 cm³/mol. The van der Waals surface area contributed by atoms with Gasteiger partial charge in [-0.05, 0) is 36.8 Å². The Labute approximate surface area is 163 Å². The lowest BCUT2D eigenvalue weighted by Gasteiger charge is -2.15. The maximum Gasteiger partial charge on any atom is 0.243 e. The summed E-state index contributed by atoms with van der Waals surface area (Å²) in [6.07, 6.45) is 0. The van der Waals surface area contributed by atoms with Gasteiger partial charge in [0.2, 0.25) is 15.9 Å². The summed E-state index contributed by atoms with van der Waals surface area (Å²) in [5, 5.41) is 6.21. The minimum absolute atomic E-state index is 0.0604. The van der Waals surface area contributed by atoms with E-state index in [0.717, 1.165) is 9.87 Å². The van der Waals surface area contributed by atoms with Crippen LogP contribution in [-0.4, -0.2) is 39.3 Å². The first kappa shape index (κ1) is 20.5. The highest BCUT2D eigenvalue weighted by Crippen LogP contribution is 2.29. The molecule has 0 aliphatic heterocycles. The lowest BCUT2D eigenvalue weighted by atomic mass is 10.2. The summed E-state index contributed by atoms with van der Waals surface area (Å²) in [7, 11) is -0.627. The molecular formula is C17H19Cl2N3O3S. The third-order valence-corrected chi connectivity index (χ3v) is 6.28. The van der Waals surface area contributed by atoms with Crippen molar-refractivity contribution in [1.29, 1.82) is 0 Å². The van der Waals surface area contributed by atoms with E-state index in [1.807, 2.05) is 6.92 Å². The first-order valence-electron chi connectivity index (χ1n) is 7.64. The zero-order valence-electron chi connectivity index (χ0n) is 14.5. The molecule has 0 heterocycles. The first-order valence-corrected chi connectivity index (χ1v) is 9.83. The number of hydrogen-bond acceptors (Lipinski definition) is 4. The molecule has 2 aromatic rings. The number of halogens is 2. The minimum atomic E-state index is -3.55. The monoisotopic (exact) mass is 415 g/mol. The van der Waals surface area contributed by atoms with Crippen LogP contribution in [0.1, 0.15) is 5.56 Å². The fraction of sp³-hybridized carbons (Fsp3) is 0.235. The number of rotatable bonds is 6. The van der Waals surface area contributed by atoms with Gasteiger partial charge in [0, 0.05) is 19.8 Å². The van der Waals surface area contributed by atoms with Crippen molar-refractivity contribution < 1.29 is 13.2 Å². The van der Waals surface area contributed by atoms with Crippen LogP contribution < -0.4 is 10.6 Å². The molecule has 0 unspecified atom stereocenters. The van der Waals surface area contributed by atoms with E-state index in [2.05, 4.69) is 10.6 Å². The van der Waals surface area contributed by atoms with E-state index in [9.17, 15) is 13.2 Å². The zero-order chi connectivity index (χ0) is 19.5. The number of amides is 1. The molecule has 9 heteroatoms. The van der Waals surface area contributed by atoms with Crippen molar-refractivity contribution in [2.24, 2.45) is 0 Å². The SMILES string of the molecule is Cc1ccc(S(=O)(=O)N(C)C)cc1NCC(=O)Nc1cccc(Cl)c1Cl. The van der Waals surface area contributed by atoms with E-state index >= 15 is 0 Å². The Balaban J connectivity index is 2.12. The normalized spacial score (nSPS) is 11.5. The summed E-state index contributed by atoms with van der Waals surface area (Å²) in [5.74, 6) is -0.338. The average molecular weight is 416 g/mol. The Morgan fingerprint density at radius 1 is 1.12 bits per heavy atom. The van der Waals surface area contributed by atoms with Crippen LogP contribution >= 0.6 is 23.2 Å². The largest absolute Gasteiger partial charge is 0.376 e. The topological polar surface area (TPSA) is 78.5 Å². The molecule has 2 aromatic carbocycles. The summed E-state index contributed by atoms with van der Waals surface area (Å²) >= 11 is 12.0. The molecule has 0 bridgehead atoms. The summed E-state index contributed by atoms with van der Waals surface area (Å²) in [6, 6.07) is 9.66. The van der Waals surface area contributed by atoms with Crippen LogP contribution in [0.5, 0.6) is 0 Å². The third kappa shape index (κ3) is 4.67. The highest BCUT2D eigenvalue weighted by atomic mass is 35.5. The molecule has 6 nitrogen and oxygen atoms in total. The van der Waals surface area contributed by atoms with Gasteiger partial charge in [-0.15, -0.1) is 0 Å². The van der Waals surface area contributed by atoms with Crippen LogP contribution in [0.4, 0.5) is 11.4 Å². The van der Waals surface area contributed by atoms with Gasteiger partial charge in [-0.3, -0.25) is 4.79 Å². The average Bonchev–Trinajstić information content (AvgIpc) is 2.58. The smallest absolute Gasteiger partial charge is 0.243 e. The molecule has 2 N–H and O–H groups in total. The van der Waals surface area contributed by atoms with E-state index < -0.39 is 10.0 Å². The van der Waals surface area contributed by atoms with Crippen molar-refractivity contribution in [2.45, 2.75) is 11.8 Å².